The fourth-order valence-electron chi connectivity index (χ4n) is 2.74. The van der Waals surface area contributed by atoms with Crippen molar-refractivity contribution in [1.29, 1.82) is 0 Å². The van der Waals surface area contributed by atoms with Gasteiger partial charge in [-0.2, -0.15) is 0 Å². The van der Waals surface area contributed by atoms with E-state index in [0.29, 0.717) is 0 Å². The molecule has 1 N–H and O–H groups in total. The second-order valence-electron chi connectivity index (χ2n) is 6.46. The molecular formula is C16H23ClN2O. The maximum Gasteiger partial charge on any atom is 0.0801 e. The highest BCUT2D eigenvalue weighted by atomic mass is 35.5. The number of nitrogens with zero attached hydrogens (tertiary/aromatic N) is 1. The lowest BCUT2D eigenvalue weighted by Gasteiger charge is -2.40. The van der Waals surface area contributed by atoms with Gasteiger partial charge in [0.15, 0.2) is 0 Å². The van der Waals surface area contributed by atoms with E-state index in [4.69, 9.17) is 16.3 Å². The summed E-state index contributed by atoms with van der Waals surface area (Å²) >= 11 is 6.20. The molecule has 110 valence electrons. The summed E-state index contributed by atoms with van der Waals surface area (Å²) in [7, 11) is 0. The minimum atomic E-state index is -0.0955. The second-order valence-corrected chi connectivity index (χ2v) is 6.89. The van der Waals surface area contributed by atoms with Crippen LogP contribution < -0.4 is 10.2 Å². The number of anilines is 1. The quantitative estimate of drug-likeness (QED) is 0.923. The number of hydrogen-bond acceptors (Lipinski definition) is 3. The Bertz CT molecular complexity index is 485. The van der Waals surface area contributed by atoms with Gasteiger partial charge in [-0.1, -0.05) is 17.7 Å². The summed E-state index contributed by atoms with van der Waals surface area (Å²) in [4.78, 5) is 2.40. The highest BCUT2D eigenvalue weighted by Gasteiger charge is 2.28. The Morgan fingerprint density at radius 2 is 2.20 bits per heavy atom. The fourth-order valence-corrected chi connectivity index (χ4v) is 2.91. The molecule has 2 aliphatic rings. The number of nitrogens with one attached hydrogen (secondary N) is 1. The molecule has 0 amide bonds. The van der Waals surface area contributed by atoms with Crippen LogP contribution in [0.4, 0.5) is 5.69 Å². The Hall–Kier alpha value is -0.770. The zero-order valence-corrected chi connectivity index (χ0v) is 13.0. The van der Waals surface area contributed by atoms with Gasteiger partial charge in [-0.05, 0) is 44.4 Å². The zero-order valence-electron chi connectivity index (χ0n) is 12.3. The number of hydrogen-bond donors (Lipinski definition) is 1. The van der Waals surface area contributed by atoms with Crippen molar-refractivity contribution in [2.45, 2.75) is 44.9 Å². The summed E-state index contributed by atoms with van der Waals surface area (Å²) in [5.74, 6) is 0. The number of morpholine rings is 1. The van der Waals surface area contributed by atoms with Crippen molar-refractivity contribution in [3.8, 4) is 0 Å². The predicted octanol–water partition coefficient (Wildman–Crippen LogP) is 3.21. The standard InChI is InChI=1S/C16H23ClN2O/c1-16(2)11-19(7-8-20-16)15-9-13(17)4-3-12(15)10-18-14-5-6-14/h3-4,9,14,18H,5-8,10-11H2,1-2H3. The highest BCUT2D eigenvalue weighted by molar-refractivity contribution is 6.30. The van der Waals surface area contributed by atoms with Crippen LogP contribution in [0.25, 0.3) is 0 Å². The minimum absolute atomic E-state index is 0.0955. The van der Waals surface area contributed by atoms with Gasteiger partial charge in [0.25, 0.3) is 0 Å². The Kier molecular flexibility index (Phi) is 3.93. The lowest BCUT2D eigenvalue weighted by atomic mass is 10.0. The third-order valence-corrected chi connectivity index (χ3v) is 4.21. The molecule has 2 fully saturated rings. The van der Waals surface area contributed by atoms with Crippen LogP contribution in [0.3, 0.4) is 0 Å². The normalized spacial score (nSPS) is 22.1. The van der Waals surface area contributed by atoms with Gasteiger partial charge in [0, 0.05) is 36.4 Å². The molecule has 0 spiro atoms. The lowest BCUT2D eigenvalue weighted by molar-refractivity contribution is -0.0277. The van der Waals surface area contributed by atoms with E-state index in [-0.39, 0.29) is 5.60 Å². The van der Waals surface area contributed by atoms with E-state index in [1.165, 1.54) is 24.1 Å². The van der Waals surface area contributed by atoms with Crippen molar-refractivity contribution >= 4 is 17.3 Å². The molecule has 1 aliphatic heterocycles. The fraction of sp³-hybridized carbons (Fsp3) is 0.625. The molecule has 0 bridgehead atoms. The number of ether oxygens (including phenoxy) is 1. The monoisotopic (exact) mass is 294 g/mol. The van der Waals surface area contributed by atoms with Crippen molar-refractivity contribution in [2.75, 3.05) is 24.6 Å². The van der Waals surface area contributed by atoms with Crippen molar-refractivity contribution in [3.63, 3.8) is 0 Å². The first-order valence-electron chi connectivity index (χ1n) is 7.44. The summed E-state index contributed by atoms with van der Waals surface area (Å²) in [5, 5.41) is 4.40. The predicted molar refractivity (Wildman–Crippen MR) is 83.6 cm³/mol. The second kappa shape index (κ2) is 5.55. The van der Waals surface area contributed by atoms with Crippen LogP contribution in [0.1, 0.15) is 32.3 Å². The largest absolute Gasteiger partial charge is 0.372 e. The summed E-state index contributed by atoms with van der Waals surface area (Å²) in [5.41, 5.74) is 2.49. The molecular weight excluding hydrogens is 272 g/mol. The summed E-state index contributed by atoms with van der Waals surface area (Å²) < 4.78 is 5.81. The van der Waals surface area contributed by atoms with E-state index < -0.39 is 0 Å². The lowest BCUT2D eigenvalue weighted by Crippen LogP contribution is -2.48. The molecule has 1 heterocycles. The van der Waals surface area contributed by atoms with Crippen LogP contribution in [-0.2, 0) is 11.3 Å². The van der Waals surface area contributed by atoms with Gasteiger partial charge in [-0.3, -0.25) is 0 Å². The van der Waals surface area contributed by atoms with E-state index in [0.717, 1.165) is 37.3 Å². The van der Waals surface area contributed by atoms with E-state index in [1.807, 2.05) is 6.07 Å². The van der Waals surface area contributed by atoms with Crippen molar-refractivity contribution in [1.82, 2.24) is 5.32 Å². The molecule has 0 radical (unpaired) electrons. The van der Waals surface area contributed by atoms with Gasteiger partial charge >= 0.3 is 0 Å². The van der Waals surface area contributed by atoms with Crippen molar-refractivity contribution < 1.29 is 4.74 Å². The third-order valence-electron chi connectivity index (χ3n) is 3.97. The molecule has 1 aromatic rings. The van der Waals surface area contributed by atoms with Gasteiger partial charge in [-0.15, -0.1) is 0 Å². The van der Waals surface area contributed by atoms with Crippen LogP contribution in [0, 0.1) is 0 Å². The van der Waals surface area contributed by atoms with Crippen LogP contribution in [0.2, 0.25) is 5.02 Å². The van der Waals surface area contributed by atoms with Crippen LogP contribution in [0.15, 0.2) is 18.2 Å². The molecule has 0 aromatic heterocycles. The van der Waals surface area contributed by atoms with E-state index in [9.17, 15) is 0 Å². The molecule has 1 saturated carbocycles. The summed E-state index contributed by atoms with van der Waals surface area (Å²) in [6.07, 6.45) is 2.63. The highest BCUT2D eigenvalue weighted by Crippen LogP contribution is 2.30. The molecule has 3 rings (SSSR count). The maximum atomic E-state index is 6.20. The molecule has 1 saturated heterocycles. The minimum Gasteiger partial charge on any atom is -0.372 e. The van der Waals surface area contributed by atoms with E-state index >= 15 is 0 Å². The average Bonchev–Trinajstić information content (AvgIpc) is 3.20. The first-order valence-corrected chi connectivity index (χ1v) is 7.82. The summed E-state index contributed by atoms with van der Waals surface area (Å²) in [6.45, 7) is 7.82. The third kappa shape index (κ3) is 3.46. The zero-order chi connectivity index (χ0) is 14.2. The van der Waals surface area contributed by atoms with E-state index in [1.54, 1.807) is 0 Å². The molecule has 0 unspecified atom stereocenters. The molecule has 20 heavy (non-hydrogen) atoms. The van der Waals surface area contributed by atoms with Crippen LogP contribution in [-0.4, -0.2) is 31.3 Å². The maximum absolute atomic E-state index is 6.20. The Labute approximate surface area is 126 Å². The number of rotatable bonds is 4. The van der Waals surface area contributed by atoms with E-state index in [2.05, 4.69) is 36.2 Å². The molecule has 3 nitrogen and oxygen atoms in total. The first-order chi connectivity index (χ1) is 9.53. The molecule has 4 heteroatoms. The van der Waals surface area contributed by atoms with Gasteiger partial charge in [-0.25, -0.2) is 0 Å². The Morgan fingerprint density at radius 3 is 2.90 bits per heavy atom. The average molecular weight is 295 g/mol. The Balaban J connectivity index is 1.80. The molecule has 1 aliphatic carbocycles. The summed E-state index contributed by atoms with van der Waals surface area (Å²) in [6, 6.07) is 6.95. The van der Waals surface area contributed by atoms with Gasteiger partial charge in [0.1, 0.15) is 0 Å². The smallest absolute Gasteiger partial charge is 0.0801 e. The SMILES string of the molecule is CC1(C)CN(c2cc(Cl)ccc2CNC2CC2)CCO1. The topological polar surface area (TPSA) is 24.5 Å². The van der Waals surface area contributed by atoms with Crippen LogP contribution >= 0.6 is 11.6 Å². The number of benzene rings is 1. The van der Waals surface area contributed by atoms with Gasteiger partial charge in [0.05, 0.1) is 12.2 Å². The van der Waals surface area contributed by atoms with Gasteiger partial charge < -0.3 is 15.0 Å². The van der Waals surface area contributed by atoms with Crippen molar-refractivity contribution in [3.05, 3.63) is 28.8 Å². The first kappa shape index (κ1) is 14.2. The molecule has 0 atom stereocenters. The van der Waals surface area contributed by atoms with Crippen molar-refractivity contribution in [2.24, 2.45) is 0 Å². The van der Waals surface area contributed by atoms with Crippen LogP contribution in [0.5, 0.6) is 0 Å². The Morgan fingerprint density at radius 1 is 1.40 bits per heavy atom. The number of halogens is 1. The van der Waals surface area contributed by atoms with Gasteiger partial charge in [0.2, 0.25) is 0 Å². The molecule has 1 aromatic carbocycles.